The van der Waals surface area contributed by atoms with Crippen LogP contribution in [0, 0.1) is 0 Å². The molecule has 1 fully saturated rings. The third-order valence-corrected chi connectivity index (χ3v) is 8.96. The van der Waals surface area contributed by atoms with Gasteiger partial charge >= 0.3 is 12.2 Å². The fourth-order valence-electron chi connectivity index (χ4n) is 6.66. The second-order valence-corrected chi connectivity index (χ2v) is 13.6. The highest BCUT2D eigenvalue weighted by molar-refractivity contribution is 5.96. The number of aromatic nitrogens is 1. The molecule has 0 saturated carbocycles. The minimum absolute atomic E-state index is 0.194. The summed E-state index contributed by atoms with van der Waals surface area (Å²) in [6, 6.07) is 25.1. The van der Waals surface area contributed by atoms with Crippen molar-refractivity contribution in [2.24, 2.45) is 0 Å². The van der Waals surface area contributed by atoms with E-state index >= 15 is 0 Å². The number of hydrogen-bond donors (Lipinski definition) is 3. The molecule has 1 aromatic heterocycles. The molecule has 3 amide bonds. The van der Waals surface area contributed by atoms with Crippen molar-refractivity contribution in [1.82, 2.24) is 15.2 Å². The van der Waals surface area contributed by atoms with Gasteiger partial charge in [0, 0.05) is 40.8 Å². The van der Waals surface area contributed by atoms with E-state index in [2.05, 4.69) is 15.6 Å². The van der Waals surface area contributed by atoms with E-state index in [0.717, 1.165) is 27.8 Å². The third kappa shape index (κ3) is 7.60. The van der Waals surface area contributed by atoms with Crippen LogP contribution < -0.4 is 10.6 Å². The number of anilines is 1. The maximum atomic E-state index is 13.4. The molecule has 1 saturated heterocycles. The van der Waals surface area contributed by atoms with Crippen molar-refractivity contribution < 1.29 is 29.0 Å². The van der Waals surface area contributed by atoms with Gasteiger partial charge in [0.05, 0.1) is 6.04 Å². The Hall–Kier alpha value is -5.22. The lowest BCUT2D eigenvalue weighted by Gasteiger charge is -2.34. The van der Waals surface area contributed by atoms with E-state index in [9.17, 15) is 19.5 Å². The van der Waals surface area contributed by atoms with Gasteiger partial charge in [-0.3, -0.25) is 14.7 Å². The van der Waals surface area contributed by atoms with Crippen LogP contribution in [0.3, 0.4) is 0 Å². The maximum absolute atomic E-state index is 13.4. The number of nitrogens with zero attached hydrogens (tertiary/aromatic N) is 2. The SMILES string of the molecule is C[C@H](NC(=O)OC1c2ccccc2-c2ccccc21)C(=O)Nc1ccc(C[C@@H]2CC[C@H]([C@H](O)c3cccnc3)N2C(=O)OC(C)(C)C)cc1. The fraction of sp³-hybridized carbons (Fsp3) is 0.333. The normalized spacial score (nSPS) is 18.2. The van der Waals surface area contributed by atoms with E-state index in [4.69, 9.17) is 9.47 Å². The number of hydrogen-bond acceptors (Lipinski definition) is 7. The summed E-state index contributed by atoms with van der Waals surface area (Å²) in [5.74, 6) is -0.393. The summed E-state index contributed by atoms with van der Waals surface area (Å²) in [5, 5.41) is 16.7. The Kier molecular flexibility index (Phi) is 9.69. The van der Waals surface area contributed by atoms with Gasteiger partial charge in [0.15, 0.2) is 6.10 Å². The molecule has 2 aliphatic rings. The summed E-state index contributed by atoms with van der Waals surface area (Å²) in [6.07, 6.45) is 2.49. The fourth-order valence-corrected chi connectivity index (χ4v) is 6.66. The van der Waals surface area contributed by atoms with Crippen molar-refractivity contribution in [3.05, 3.63) is 120 Å². The van der Waals surface area contributed by atoms with E-state index in [-0.39, 0.29) is 6.04 Å². The standard InChI is InChI=1S/C39H42N4O6/c1-24(41-37(46)48-35-31-13-7-5-11-29(31)30-12-6-8-14-32(30)35)36(45)42-27-17-15-25(16-18-27)22-28-19-20-33(34(44)26-10-9-21-40-23-26)43(28)38(47)49-39(2,3)4/h5-18,21,23-24,28,33-35,44H,19-20,22H2,1-4H3,(H,41,46)(H,42,45)/t24-,28-,33+,34+/m0/s1. The highest BCUT2D eigenvalue weighted by Gasteiger charge is 2.43. The number of fused-ring (bicyclic) bond motifs is 3. The highest BCUT2D eigenvalue weighted by Crippen LogP contribution is 2.45. The van der Waals surface area contributed by atoms with E-state index < -0.39 is 48.0 Å². The van der Waals surface area contributed by atoms with Crippen molar-refractivity contribution in [1.29, 1.82) is 0 Å². The monoisotopic (exact) mass is 662 g/mol. The zero-order chi connectivity index (χ0) is 34.7. The molecule has 6 rings (SSSR count). The van der Waals surface area contributed by atoms with Gasteiger partial charge in [0.1, 0.15) is 17.7 Å². The van der Waals surface area contributed by atoms with Crippen LogP contribution in [0.2, 0.25) is 0 Å². The van der Waals surface area contributed by atoms with Crippen molar-refractivity contribution in [3.8, 4) is 11.1 Å². The van der Waals surface area contributed by atoms with Gasteiger partial charge < -0.3 is 25.2 Å². The Morgan fingerprint density at radius 2 is 1.57 bits per heavy atom. The Labute approximate surface area is 286 Å². The van der Waals surface area contributed by atoms with Crippen LogP contribution in [-0.2, 0) is 20.7 Å². The second-order valence-electron chi connectivity index (χ2n) is 13.6. The number of nitrogens with one attached hydrogen (secondary N) is 2. The maximum Gasteiger partial charge on any atom is 0.410 e. The molecular formula is C39H42N4O6. The number of alkyl carbamates (subject to hydrolysis) is 1. The van der Waals surface area contributed by atoms with Crippen molar-refractivity contribution in [3.63, 3.8) is 0 Å². The summed E-state index contributed by atoms with van der Waals surface area (Å²) in [4.78, 5) is 45.2. The van der Waals surface area contributed by atoms with E-state index in [1.54, 1.807) is 48.5 Å². The first-order chi connectivity index (χ1) is 23.5. The van der Waals surface area contributed by atoms with Crippen LogP contribution in [0.25, 0.3) is 11.1 Å². The number of pyridine rings is 1. The largest absolute Gasteiger partial charge is 0.444 e. The van der Waals surface area contributed by atoms with Crippen LogP contribution in [0.15, 0.2) is 97.3 Å². The molecule has 0 spiro atoms. The van der Waals surface area contributed by atoms with Crippen molar-refractivity contribution in [2.45, 2.75) is 82.9 Å². The zero-order valence-corrected chi connectivity index (χ0v) is 28.1. The summed E-state index contributed by atoms with van der Waals surface area (Å²) in [6.45, 7) is 7.07. The quantitative estimate of drug-likeness (QED) is 0.186. The minimum Gasteiger partial charge on any atom is -0.444 e. The number of carbonyl (C=O) groups is 3. The summed E-state index contributed by atoms with van der Waals surface area (Å²) < 4.78 is 11.6. The first-order valence-electron chi connectivity index (χ1n) is 16.6. The minimum atomic E-state index is -0.901. The van der Waals surface area contributed by atoms with Gasteiger partial charge in [-0.05, 0) is 81.8 Å². The molecule has 254 valence electrons. The molecule has 10 nitrogen and oxygen atoms in total. The first-order valence-corrected chi connectivity index (χ1v) is 16.6. The van der Waals surface area contributed by atoms with Crippen molar-refractivity contribution in [2.75, 3.05) is 5.32 Å². The Bertz CT molecular complexity index is 1760. The van der Waals surface area contributed by atoms with Gasteiger partial charge in [-0.25, -0.2) is 9.59 Å². The molecule has 0 bridgehead atoms. The smallest absolute Gasteiger partial charge is 0.410 e. The van der Waals surface area contributed by atoms with Crippen molar-refractivity contribution >= 4 is 23.8 Å². The lowest BCUT2D eigenvalue weighted by atomic mass is 10.0. The van der Waals surface area contributed by atoms with Crippen LogP contribution in [0.5, 0.6) is 0 Å². The van der Waals surface area contributed by atoms with Gasteiger partial charge in [-0.2, -0.15) is 0 Å². The second kappa shape index (κ2) is 14.1. The van der Waals surface area contributed by atoms with Gasteiger partial charge in [-0.1, -0.05) is 66.7 Å². The third-order valence-electron chi connectivity index (χ3n) is 8.96. The molecule has 2 heterocycles. The Balaban J connectivity index is 1.06. The number of likely N-dealkylation sites (tertiary alicyclic amines) is 1. The van der Waals surface area contributed by atoms with Gasteiger partial charge in [0.25, 0.3) is 0 Å². The van der Waals surface area contributed by atoms with Crippen LogP contribution in [0.1, 0.15) is 75.0 Å². The molecule has 10 heteroatoms. The number of amides is 3. The lowest BCUT2D eigenvalue weighted by molar-refractivity contribution is -0.117. The number of rotatable bonds is 8. The van der Waals surface area contributed by atoms with E-state index in [1.807, 2.05) is 81.4 Å². The summed E-state index contributed by atoms with van der Waals surface area (Å²) in [7, 11) is 0. The topological polar surface area (TPSA) is 130 Å². The molecule has 1 aliphatic heterocycles. The molecule has 3 aromatic carbocycles. The molecule has 0 radical (unpaired) electrons. The predicted octanol–water partition coefficient (Wildman–Crippen LogP) is 6.95. The molecule has 4 aromatic rings. The van der Waals surface area contributed by atoms with Gasteiger partial charge in [0.2, 0.25) is 5.91 Å². The first kappa shape index (κ1) is 33.7. The lowest BCUT2D eigenvalue weighted by Crippen LogP contribution is -2.47. The predicted molar refractivity (Wildman–Crippen MR) is 186 cm³/mol. The molecule has 1 aliphatic carbocycles. The van der Waals surface area contributed by atoms with E-state index in [0.29, 0.717) is 30.5 Å². The molecular weight excluding hydrogens is 620 g/mol. The average Bonchev–Trinajstić information content (AvgIpc) is 3.64. The molecule has 3 N–H and O–H groups in total. The number of aliphatic hydroxyl groups excluding tert-OH is 1. The zero-order valence-electron chi connectivity index (χ0n) is 28.1. The Morgan fingerprint density at radius 1 is 0.918 bits per heavy atom. The highest BCUT2D eigenvalue weighted by atomic mass is 16.6. The van der Waals surface area contributed by atoms with Gasteiger partial charge in [-0.15, -0.1) is 0 Å². The average molecular weight is 663 g/mol. The van der Waals surface area contributed by atoms with Crippen LogP contribution in [0.4, 0.5) is 15.3 Å². The Morgan fingerprint density at radius 3 is 2.18 bits per heavy atom. The number of aliphatic hydroxyl groups is 1. The molecule has 0 unspecified atom stereocenters. The molecule has 49 heavy (non-hydrogen) atoms. The summed E-state index contributed by atoms with van der Waals surface area (Å²) in [5.41, 5.74) is 5.34. The van der Waals surface area contributed by atoms with Crippen LogP contribution in [-0.4, -0.2) is 56.8 Å². The molecule has 4 atom stereocenters. The summed E-state index contributed by atoms with van der Waals surface area (Å²) >= 11 is 0. The number of benzene rings is 3. The van der Waals surface area contributed by atoms with E-state index in [1.165, 1.54) is 0 Å². The number of carbonyl (C=O) groups excluding carboxylic acids is 3. The van der Waals surface area contributed by atoms with Crippen LogP contribution >= 0.6 is 0 Å². The number of ether oxygens (including phenoxy) is 2.